The number of hydrogen-bond acceptors (Lipinski definition) is 4. The predicted molar refractivity (Wildman–Crippen MR) is 91.8 cm³/mol. The van der Waals surface area contributed by atoms with E-state index >= 15 is 0 Å². The van der Waals surface area contributed by atoms with Crippen LogP contribution in [-0.2, 0) is 0 Å². The fourth-order valence-corrected chi connectivity index (χ4v) is 2.21. The number of nitrogens with zero attached hydrogens (tertiary/aromatic N) is 3. The van der Waals surface area contributed by atoms with Crippen molar-refractivity contribution in [1.82, 2.24) is 0 Å². The van der Waals surface area contributed by atoms with Crippen LogP contribution in [0.3, 0.4) is 0 Å². The van der Waals surface area contributed by atoms with Gasteiger partial charge in [0.1, 0.15) is 5.75 Å². The van der Waals surface area contributed by atoms with Crippen LogP contribution in [0.15, 0.2) is 58.8 Å². The number of ether oxygens (including phenoxy) is 1. The molecule has 2 aromatic carbocycles. The van der Waals surface area contributed by atoms with E-state index in [1.165, 1.54) is 5.69 Å². The van der Waals surface area contributed by atoms with E-state index in [2.05, 4.69) is 41.1 Å². The van der Waals surface area contributed by atoms with E-state index in [9.17, 15) is 0 Å². The second-order valence-corrected chi connectivity index (χ2v) is 4.82. The van der Waals surface area contributed by atoms with Crippen LogP contribution in [0.25, 0.3) is 0 Å². The van der Waals surface area contributed by atoms with Crippen molar-refractivity contribution in [2.45, 2.75) is 20.8 Å². The Morgan fingerprint density at radius 1 is 0.773 bits per heavy atom. The first kappa shape index (κ1) is 16.0. The van der Waals surface area contributed by atoms with Gasteiger partial charge in [-0.2, -0.15) is 10.2 Å². The summed E-state index contributed by atoms with van der Waals surface area (Å²) in [5.74, 6) is 0.852. The molecule has 0 aliphatic heterocycles. The second kappa shape index (κ2) is 8.17. The molecule has 0 unspecified atom stereocenters. The summed E-state index contributed by atoms with van der Waals surface area (Å²) in [6.07, 6.45) is 0. The van der Waals surface area contributed by atoms with E-state index in [0.717, 1.165) is 30.2 Å². The predicted octanol–water partition coefficient (Wildman–Crippen LogP) is 5.35. The minimum atomic E-state index is 0.666. The van der Waals surface area contributed by atoms with Gasteiger partial charge in [-0.25, -0.2) is 0 Å². The lowest BCUT2D eigenvalue weighted by molar-refractivity contribution is 0.340. The first-order valence-corrected chi connectivity index (χ1v) is 7.76. The Morgan fingerprint density at radius 2 is 1.27 bits per heavy atom. The van der Waals surface area contributed by atoms with Crippen LogP contribution in [-0.4, -0.2) is 19.7 Å². The maximum Gasteiger partial charge on any atom is 0.119 e. The summed E-state index contributed by atoms with van der Waals surface area (Å²) >= 11 is 0. The smallest absolute Gasteiger partial charge is 0.119 e. The van der Waals surface area contributed by atoms with Gasteiger partial charge < -0.3 is 9.64 Å². The molecular formula is C18H23N3O. The van der Waals surface area contributed by atoms with Crippen LogP contribution in [0.2, 0.25) is 0 Å². The van der Waals surface area contributed by atoms with Gasteiger partial charge in [0.05, 0.1) is 18.0 Å². The Bertz CT molecular complexity index is 587. The molecule has 0 spiro atoms. The van der Waals surface area contributed by atoms with Gasteiger partial charge in [-0.3, -0.25) is 0 Å². The first-order chi connectivity index (χ1) is 10.8. The molecule has 0 bridgehead atoms. The van der Waals surface area contributed by atoms with Gasteiger partial charge in [0.25, 0.3) is 0 Å². The Hall–Kier alpha value is -2.36. The van der Waals surface area contributed by atoms with Crippen LogP contribution in [0.4, 0.5) is 17.1 Å². The van der Waals surface area contributed by atoms with E-state index in [1.54, 1.807) is 0 Å². The summed E-state index contributed by atoms with van der Waals surface area (Å²) in [7, 11) is 0. The third kappa shape index (κ3) is 4.32. The average Bonchev–Trinajstić information content (AvgIpc) is 2.57. The number of rotatable bonds is 7. The Morgan fingerprint density at radius 3 is 1.73 bits per heavy atom. The van der Waals surface area contributed by atoms with E-state index in [4.69, 9.17) is 4.74 Å². The standard InChI is InChI=1S/C18H23N3O/c1-4-21(5-2)17-11-7-15(8-12-17)19-20-16-9-13-18(14-10-16)22-6-3/h7-14H,4-6H2,1-3H3/b20-19+. The maximum absolute atomic E-state index is 5.40. The second-order valence-electron chi connectivity index (χ2n) is 4.82. The molecule has 0 heterocycles. The monoisotopic (exact) mass is 297 g/mol. The highest BCUT2D eigenvalue weighted by Gasteiger charge is 2.00. The van der Waals surface area contributed by atoms with Crippen LogP contribution >= 0.6 is 0 Å². The Labute approximate surface area is 132 Å². The van der Waals surface area contributed by atoms with E-state index < -0.39 is 0 Å². The number of hydrogen-bond donors (Lipinski definition) is 0. The first-order valence-electron chi connectivity index (χ1n) is 7.76. The van der Waals surface area contributed by atoms with E-state index in [0.29, 0.717) is 6.61 Å². The zero-order valence-corrected chi connectivity index (χ0v) is 13.5. The van der Waals surface area contributed by atoms with E-state index in [-0.39, 0.29) is 0 Å². The normalized spacial score (nSPS) is 10.9. The molecule has 0 saturated heterocycles. The lowest BCUT2D eigenvalue weighted by Crippen LogP contribution is -2.21. The Balaban J connectivity index is 2.03. The zero-order chi connectivity index (χ0) is 15.8. The fourth-order valence-electron chi connectivity index (χ4n) is 2.21. The summed E-state index contributed by atoms with van der Waals surface area (Å²) < 4.78 is 5.40. The highest BCUT2D eigenvalue weighted by molar-refractivity contribution is 5.52. The molecule has 4 nitrogen and oxygen atoms in total. The van der Waals surface area contributed by atoms with Gasteiger partial charge >= 0.3 is 0 Å². The van der Waals surface area contributed by atoms with Crippen molar-refractivity contribution in [2.75, 3.05) is 24.6 Å². The molecule has 0 atom stereocenters. The summed E-state index contributed by atoms with van der Waals surface area (Å²) in [6.45, 7) is 8.95. The fraction of sp³-hybridized carbons (Fsp3) is 0.333. The lowest BCUT2D eigenvalue weighted by atomic mass is 10.2. The average molecular weight is 297 g/mol. The quantitative estimate of drug-likeness (QED) is 0.646. The van der Waals surface area contributed by atoms with Gasteiger partial charge in [-0.15, -0.1) is 0 Å². The van der Waals surface area contributed by atoms with Gasteiger partial charge in [-0.05, 0) is 69.3 Å². The van der Waals surface area contributed by atoms with Gasteiger partial charge in [-0.1, -0.05) is 0 Å². The van der Waals surface area contributed by atoms with Crippen molar-refractivity contribution in [3.05, 3.63) is 48.5 Å². The van der Waals surface area contributed by atoms with Gasteiger partial charge in [0.2, 0.25) is 0 Å². The molecule has 0 aliphatic rings. The molecule has 0 fully saturated rings. The van der Waals surface area contributed by atoms with Crippen molar-refractivity contribution in [3.63, 3.8) is 0 Å². The zero-order valence-electron chi connectivity index (χ0n) is 13.5. The van der Waals surface area contributed by atoms with Crippen LogP contribution in [0.5, 0.6) is 5.75 Å². The summed E-state index contributed by atoms with van der Waals surface area (Å²) in [5.41, 5.74) is 2.88. The highest BCUT2D eigenvalue weighted by atomic mass is 16.5. The molecular weight excluding hydrogens is 274 g/mol. The van der Waals surface area contributed by atoms with Gasteiger partial charge in [0, 0.05) is 18.8 Å². The molecule has 4 heteroatoms. The number of benzene rings is 2. The minimum absolute atomic E-state index is 0.666. The largest absolute Gasteiger partial charge is 0.494 e. The molecule has 0 aromatic heterocycles. The molecule has 0 saturated carbocycles. The number of azo groups is 1. The van der Waals surface area contributed by atoms with E-state index in [1.807, 2.05) is 43.3 Å². The third-order valence-corrected chi connectivity index (χ3v) is 3.41. The Kier molecular flexibility index (Phi) is 5.95. The molecule has 0 amide bonds. The third-order valence-electron chi connectivity index (χ3n) is 3.41. The van der Waals surface area contributed by atoms with Crippen molar-refractivity contribution in [3.8, 4) is 5.75 Å². The SMILES string of the molecule is CCOc1ccc(/N=N/c2ccc(N(CC)CC)cc2)cc1. The molecule has 0 N–H and O–H groups in total. The molecule has 116 valence electrons. The minimum Gasteiger partial charge on any atom is -0.494 e. The van der Waals surface area contributed by atoms with Crippen LogP contribution in [0.1, 0.15) is 20.8 Å². The lowest BCUT2D eigenvalue weighted by Gasteiger charge is -2.20. The summed E-state index contributed by atoms with van der Waals surface area (Å²) in [6, 6.07) is 15.8. The molecule has 0 radical (unpaired) electrons. The van der Waals surface area contributed by atoms with Gasteiger partial charge in [0.15, 0.2) is 0 Å². The van der Waals surface area contributed by atoms with Crippen molar-refractivity contribution in [1.29, 1.82) is 0 Å². The van der Waals surface area contributed by atoms with Crippen molar-refractivity contribution in [2.24, 2.45) is 10.2 Å². The molecule has 0 aliphatic carbocycles. The van der Waals surface area contributed by atoms with Crippen molar-refractivity contribution < 1.29 is 4.74 Å². The molecule has 2 aromatic rings. The van der Waals surface area contributed by atoms with Crippen molar-refractivity contribution >= 4 is 17.1 Å². The molecule has 22 heavy (non-hydrogen) atoms. The number of anilines is 1. The summed E-state index contributed by atoms with van der Waals surface area (Å²) in [4.78, 5) is 2.30. The summed E-state index contributed by atoms with van der Waals surface area (Å²) in [5, 5.41) is 8.52. The molecule has 2 rings (SSSR count). The maximum atomic E-state index is 5.40. The topological polar surface area (TPSA) is 37.2 Å². The van der Waals surface area contributed by atoms with Crippen LogP contribution in [0, 0.1) is 0 Å². The highest BCUT2D eigenvalue weighted by Crippen LogP contribution is 2.23. The van der Waals surface area contributed by atoms with Crippen LogP contribution < -0.4 is 9.64 Å².